The summed E-state index contributed by atoms with van der Waals surface area (Å²) in [6.07, 6.45) is 0. The van der Waals surface area contributed by atoms with Crippen molar-refractivity contribution in [3.05, 3.63) is 80.7 Å². The first-order chi connectivity index (χ1) is 12.9. The molecule has 0 spiro atoms. The lowest BCUT2D eigenvalue weighted by atomic mass is 9.97. The van der Waals surface area contributed by atoms with Gasteiger partial charge in [-0.2, -0.15) is 0 Å². The van der Waals surface area contributed by atoms with Gasteiger partial charge in [-0.05, 0) is 36.8 Å². The minimum absolute atomic E-state index is 0.0703. The molecule has 1 aliphatic heterocycles. The maximum Gasteiger partial charge on any atom is 0.337 e. The van der Waals surface area contributed by atoms with E-state index in [1.807, 2.05) is 13.0 Å². The summed E-state index contributed by atoms with van der Waals surface area (Å²) in [7, 11) is 2.94. The van der Waals surface area contributed by atoms with Crippen LogP contribution in [0.5, 0.6) is 0 Å². The monoisotopic (exact) mass is 363 g/mol. The third kappa shape index (κ3) is 2.52. The number of hydrogen-bond acceptors (Lipinski definition) is 5. The quantitative estimate of drug-likeness (QED) is 0.654. The van der Waals surface area contributed by atoms with Crippen molar-refractivity contribution in [1.29, 1.82) is 0 Å². The van der Waals surface area contributed by atoms with Gasteiger partial charge in [-0.3, -0.25) is 9.59 Å². The lowest BCUT2D eigenvalue weighted by Gasteiger charge is -2.20. The number of aryl methyl sites for hydroxylation is 1. The van der Waals surface area contributed by atoms with E-state index in [0.717, 1.165) is 11.1 Å². The zero-order chi connectivity index (χ0) is 19.3. The summed E-state index contributed by atoms with van der Waals surface area (Å²) in [5.41, 5.74) is 2.56. The van der Waals surface area contributed by atoms with E-state index in [4.69, 9.17) is 9.15 Å². The Morgan fingerprint density at radius 3 is 2.48 bits per heavy atom. The van der Waals surface area contributed by atoms with Gasteiger partial charge in [-0.25, -0.2) is 4.79 Å². The Labute approximate surface area is 155 Å². The molecule has 1 amide bonds. The highest BCUT2D eigenvalue weighted by atomic mass is 16.5. The lowest BCUT2D eigenvalue weighted by molar-refractivity contribution is 0.0600. The van der Waals surface area contributed by atoms with Gasteiger partial charge in [0.25, 0.3) is 5.91 Å². The molecule has 6 nitrogen and oxygen atoms in total. The van der Waals surface area contributed by atoms with Crippen molar-refractivity contribution in [2.24, 2.45) is 0 Å². The molecule has 2 heterocycles. The third-order valence-electron chi connectivity index (χ3n) is 4.90. The SMILES string of the molecule is COC(=O)c1ccc([C@H]2c3c(oc4ccc(C)cc4c3=O)C(=O)N2C)cc1. The normalized spacial score (nSPS) is 15.9. The summed E-state index contributed by atoms with van der Waals surface area (Å²) >= 11 is 0. The molecule has 2 aromatic carbocycles. The average molecular weight is 363 g/mol. The largest absolute Gasteiger partial charge is 0.465 e. The molecule has 0 saturated carbocycles. The highest BCUT2D eigenvalue weighted by Gasteiger charge is 2.40. The van der Waals surface area contributed by atoms with Crippen molar-refractivity contribution in [3.8, 4) is 0 Å². The Kier molecular flexibility index (Phi) is 3.84. The number of nitrogens with zero attached hydrogens (tertiary/aromatic N) is 1. The summed E-state index contributed by atoms with van der Waals surface area (Å²) in [6, 6.07) is 11.4. The molecule has 0 N–H and O–H groups in total. The number of benzene rings is 2. The minimum Gasteiger partial charge on any atom is -0.465 e. The van der Waals surface area contributed by atoms with Crippen molar-refractivity contribution in [2.45, 2.75) is 13.0 Å². The zero-order valence-corrected chi connectivity index (χ0v) is 15.1. The van der Waals surface area contributed by atoms with E-state index in [9.17, 15) is 14.4 Å². The van der Waals surface area contributed by atoms with Gasteiger partial charge < -0.3 is 14.1 Å². The maximum absolute atomic E-state index is 13.2. The summed E-state index contributed by atoms with van der Waals surface area (Å²) in [4.78, 5) is 39.0. The fourth-order valence-corrected chi connectivity index (χ4v) is 3.51. The minimum atomic E-state index is -0.569. The highest BCUT2D eigenvalue weighted by molar-refractivity contribution is 5.99. The van der Waals surface area contributed by atoms with Crippen LogP contribution in [0.15, 0.2) is 51.7 Å². The van der Waals surface area contributed by atoms with Crippen LogP contribution in [-0.2, 0) is 4.74 Å². The molecule has 3 aromatic rings. The van der Waals surface area contributed by atoms with Gasteiger partial charge in [0.2, 0.25) is 5.76 Å². The molecular formula is C21H17NO5. The van der Waals surface area contributed by atoms with Crippen molar-refractivity contribution < 1.29 is 18.7 Å². The molecule has 1 atom stereocenters. The van der Waals surface area contributed by atoms with E-state index < -0.39 is 12.0 Å². The van der Waals surface area contributed by atoms with Gasteiger partial charge >= 0.3 is 5.97 Å². The predicted octanol–water partition coefficient (Wildman–Crippen LogP) is 3.06. The summed E-state index contributed by atoms with van der Waals surface area (Å²) in [6.45, 7) is 1.90. The van der Waals surface area contributed by atoms with Gasteiger partial charge in [0, 0.05) is 7.05 Å². The predicted molar refractivity (Wildman–Crippen MR) is 98.9 cm³/mol. The van der Waals surface area contributed by atoms with Crippen LogP contribution in [0, 0.1) is 6.92 Å². The molecule has 0 aliphatic carbocycles. The van der Waals surface area contributed by atoms with E-state index in [0.29, 0.717) is 22.1 Å². The van der Waals surface area contributed by atoms with Crippen LogP contribution in [0.2, 0.25) is 0 Å². The molecule has 27 heavy (non-hydrogen) atoms. The van der Waals surface area contributed by atoms with E-state index in [2.05, 4.69) is 0 Å². The summed E-state index contributed by atoms with van der Waals surface area (Å²) in [5, 5.41) is 0.452. The van der Waals surface area contributed by atoms with Crippen molar-refractivity contribution in [2.75, 3.05) is 14.2 Å². The van der Waals surface area contributed by atoms with Gasteiger partial charge in [0.05, 0.1) is 29.7 Å². The average Bonchev–Trinajstić information content (AvgIpc) is 2.93. The first-order valence-electron chi connectivity index (χ1n) is 8.45. The molecule has 0 radical (unpaired) electrons. The number of fused-ring (bicyclic) bond motifs is 2. The molecule has 136 valence electrons. The number of carbonyl (C=O) groups is 2. The second-order valence-electron chi connectivity index (χ2n) is 6.61. The van der Waals surface area contributed by atoms with Crippen LogP contribution >= 0.6 is 0 Å². The molecule has 6 heteroatoms. The van der Waals surface area contributed by atoms with Crippen LogP contribution in [0.4, 0.5) is 0 Å². The van der Waals surface area contributed by atoms with Crippen LogP contribution in [0.1, 0.15) is 43.6 Å². The molecule has 0 fully saturated rings. The second-order valence-corrected chi connectivity index (χ2v) is 6.61. The molecule has 4 rings (SSSR count). The Hall–Kier alpha value is -3.41. The fraction of sp³-hybridized carbons (Fsp3) is 0.190. The van der Waals surface area contributed by atoms with Gasteiger partial charge in [-0.15, -0.1) is 0 Å². The van der Waals surface area contributed by atoms with E-state index in [-0.39, 0.29) is 17.1 Å². The van der Waals surface area contributed by atoms with Gasteiger partial charge in [-0.1, -0.05) is 23.8 Å². The molecule has 0 bridgehead atoms. The Balaban J connectivity index is 1.91. The second kappa shape index (κ2) is 6.09. The van der Waals surface area contributed by atoms with Crippen LogP contribution < -0.4 is 5.43 Å². The Morgan fingerprint density at radius 2 is 1.81 bits per heavy atom. The first-order valence-corrected chi connectivity index (χ1v) is 8.45. The lowest BCUT2D eigenvalue weighted by Crippen LogP contribution is -2.25. The van der Waals surface area contributed by atoms with Crippen LogP contribution in [0.3, 0.4) is 0 Å². The van der Waals surface area contributed by atoms with Gasteiger partial charge in [0.1, 0.15) is 5.58 Å². The smallest absolute Gasteiger partial charge is 0.337 e. The Bertz CT molecular complexity index is 1140. The number of carbonyl (C=O) groups excluding carboxylic acids is 2. The number of ether oxygens (including phenoxy) is 1. The number of esters is 1. The molecule has 1 aromatic heterocycles. The first kappa shape index (κ1) is 17.0. The highest BCUT2D eigenvalue weighted by Crippen LogP contribution is 2.37. The topological polar surface area (TPSA) is 76.8 Å². The van der Waals surface area contributed by atoms with Crippen LogP contribution in [-0.4, -0.2) is 30.9 Å². The van der Waals surface area contributed by atoms with Crippen molar-refractivity contribution >= 4 is 22.8 Å². The van der Waals surface area contributed by atoms with E-state index in [1.165, 1.54) is 12.0 Å². The van der Waals surface area contributed by atoms with E-state index in [1.54, 1.807) is 43.4 Å². The summed E-state index contributed by atoms with van der Waals surface area (Å²) in [5.74, 6) is -0.716. The molecule has 1 aliphatic rings. The summed E-state index contributed by atoms with van der Waals surface area (Å²) < 4.78 is 10.5. The fourth-order valence-electron chi connectivity index (χ4n) is 3.51. The third-order valence-corrected chi connectivity index (χ3v) is 4.90. The molecular weight excluding hydrogens is 346 g/mol. The molecule has 0 saturated heterocycles. The van der Waals surface area contributed by atoms with Crippen molar-refractivity contribution in [1.82, 2.24) is 4.90 Å². The van der Waals surface area contributed by atoms with E-state index >= 15 is 0 Å². The molecule has 0 unspecified atom stereocenters. The zero-order valence-electron chi connectivity index (χ0n) is 15.1. The van der Waals surface area contributed by atoms with Crippen molar-refractivity contribution in [3.63, 3.8) is 0 Å². The Morgan fingerprint density at radius 1 is 1.11 bits per heavy atom. The van der Waals surface area contributed by atoms with Gasteiger partial charge in [0.15, 0.2) is 5.43 Å². The number of methoxy groups -OCH3 is 1. The number of hydrogen-bond donors (Lipinski definition) is 0. The standard InChI is InChI=1S/C21H17NO5/c1-11-4-9-15-14(10-11)18(23)16-17(22(2)20(24)19(16)27-15)12-5-7-13(8-6-12)21(25)26-3/h4-10,17H,1-3H3/t17-/m0/s1. The number of amides is 1. The maximum atomic E-state index is 13.2. The van der Waals surface area contributed by atoms with Crippen LogP contribution in [0.25, 0.3) is 11.0 Å². The number of rotatable bonds is 2.